The number of halogens is 1. The van der Waals surface area contributed by atoms with Gasteiger partial charge in [0.05, 0.1) is 7.11 Å². The van der Waals surface area contributed by atoms with Crippen molar-refractivity contribution in [2.45, 2.75) is 19.9 Å². The lowest BCUT2D eigenvalue weighted by molar-refractivity contribution is 0.0304. The van der Waals surface area contributed by atoms with Crippen LogP contribution in [0.15, 0.2) is 24.3 Å². The molecule has 1 aliphatic rings. The van der Waals surface area contributed by atoms with Crippen LogP contribution in [0.3, 0.4) is 0 Å². The number of aliphatic hydroxyl groups is 1. The van der Waals surface area contributed by atoms with Crippen LogP contribution in [-0.2, 0) is 0 Å². The summed E-state index contributed by atoms with van der Waals surface area (Å²) in [5.41, 5.74) is 1.02. The molecule has 1 heterocycles. The third kappa shape index (κ3) is 4.33. The van der Waals surface area contributed by atoms with Crippen molar-refractivity contribution in [3.05, 3.63) is 29.8 Å². The first-order chi connectivity index (χ1) is 9.58. The van der Waals surface area contributed by atoms with Gasteiger partial charge in [-0.3, -0.25) is 4.90 Å². The number of ether oxygens (including phenoxy) is 1. The Balaban J connectivity index is 0.00000220. The molecule has 21 heavy (non-hydrogen) atoms. The van der Waals surface area contributed by atoms with E-state index in [0.717, 1.165) is 31.9 Å². The monoisotopic (exact) mass is 314 g/mol. The predicted octanol–water partition coefficient (Wildman–Crippen LogP) is 2.08. The predicted molar refractivity (Wildman–Crippen MR) is 88.3 cm³/mol. The first-order valence-corrected chi connectivity index (χ1v) is 7.28. The number of nitrogens with one attached hydrogen (secondary N) is 1. The highest BCUT2D eigenvalue weighted by atomic mass is 35.5. The minimum absolute atomic E-state index is 0. The maximum absolute atomic E-state index is 9.81. The molecule has 0 spiro atoms. The van der Waals surface area contributed by atoms with Gasteiger partial charge in [0.25, 0.3) is 0 Å². The molecule has 1 aromatic carbocycles. The summed E-state index contributed by atoms with van der Waals surface area (Å²) >= 11 is 0. The van der Waals surface area contributed by atoms with E-state index in [4.69, 9.17) is 4.74 Å². The lowest BCUT2D eigenvalue weighted by atomic mass is 9.79. The van der Waals surface area contributed by atoms with Gasteiger partial charge in [-0.1, -0.05) is 26.0 Å². The topological polar surface area (TPSA) is 44.7 Å². The van der Waals surface area contributed by atoms with Gasteiger partial charge in [-0.05, 0) is 17.7 Å². The van der Waals surface area contributed by atoms with E-state index in [1.54, 1.807) is 7.11 Å². The Morgan fingerprint density at radius 2 is 2.00 bits per heavy atom. The average Bonchev–Trinajstić information content (AvgIpc) is 2.48. The fourth-order valence-electron chi connectivity index (χ4n) is 2.99. The Kier molecular flexibility index (Phi) is 6.94. The third-order valence-corrected chi connectivity index (χ3v) is 4.07. The number of aliphatic hydroxyl groups excluding tert-OH is 1. The fraction of sp³-hybridized carbons (Fsp3) is 0.625. The quantitative estimate of drug-likeness (QED) is 0.873. The van der Waals surface area contributed by atoms with Crippen LogP contribution < -0.4 is 10.1 Å². The van der Waals surface area contributed by atoms with E-state index in [0.29, 0.717) is 0 Å². The smallest absolute Gasteiger partial charge is 0.119 e. The summed E-state index contributed by atoms with van der Waals surface area (Å²) in [5, 5.41) is 13.2. The van der Waals surface area contributed by atoms with Gasteiger partial charge in [0.15, 0.2) is 0 Å². The minimum atomic E-state index is -0.191. The Hall–Kier alpha value is -0.810. The van der Waals surface area contributed by atoms with E-state index in [1.807, 2.05) is 12.1 Å². The summed E-state index contributed by atoms with van der Waals surface area (Å²) < 4.78 is 5.35. The molecule has 1 atom stereocenters. The molecule has 0 aliphatic carbocycles. The van der Waals surface area contributed by atoms with E-state index in [-0.39, 0.29) is 30.5 Å². The SMILES string of the molecule is COc1cccc([C@@H](N2CCNCC2)C(C)(C)CO)c1.Cl. The number of piperazine rings is 1. The lowest BCUT2D eigenvalue weighted by Crippen LogP contribution is -2.49. The standard InChI is InChI=1S/C16H26N2O2.ClH/c1-16(2,12-19)15(18-9-7-17-8-10-18)13-5-4-6-14(11-13)20-3;/h4-6,11,15,17,19H,7-10,12H2,1-3H3;1H/t15-;/m1./s1. The van der Waals surface area contributed by atoms with Gasteiger partial charge in [-0.15, -0.1) is 12.4 Å². The number of nitrogens with zero attached hydrogens (tertiary/aromatic N) is 1. The molecule has 1 saturated heterocycles. The molecule has 4 nitrogen and oxygen atoms in total. The van der Waals surface area contributed by atoms with Crippen LogP contribution in [-0.4, -0.2) is 49.9 Å². The second-order valence-electron chi connectivity index (χ2n) is 6.11. The molecule has 1 aliphatic heterocycles. The first kappa shape index (κ1) is 18.2. The zero-order chi connectivity index (χ0) is 14.6. The highest BCUT2D eigenvalue weighted by Crippen LogP contribution is 2.39. The van der Waals surface area contributed by atoms with Gasteiger partial charge in [0.1, 0.15) is 5.75 Å². The van der Waals surface area contributed by atoms with E-state index >= 15 is 0 Å². The van der Waals surface area contributed by atoms with Crippen molar-refractivity contribution in [1.29, 1.82) is 0 Å². The van der Waals surface area contributed by atoms with Crippen LogP contribution in [0, 0.1) is 5.41 Å². The van der Waals surface area contributed by atoms with E-state index in [1.165, 1.54) is 5.56 Å². The number of rotatable bonds is 5. The second kappa shape index (κ2) is 7.99. The molecule has 0 aromatic heterocycles. The largest absolute Gasteiger partial charge is 0.497 e. The zero-order valence-electron chi connectivity index (χ0n) is 13.1. The van der Waals surface area contributed by atoms with Crippen LogP contribution >= 0.6 is 12.4 Å². The van der Waals surface area contributed by atoms with Crippen molar-refractivity contribution in [1.82, 2.24) is 10.2 Å². The Morgan fingerprint density at radius 3 is 2.57 bits per heavy atom. The number of methoxy groups -OCH3 is 1. The average molecular weight is 315 g/mol. The van der Waals surface area contributed by atoms with Crippen LogP contribution in [0.5, 0.6) is 5.75 Å². The number of hydrogen-bond donors (Lipinski definition) is 2. The van der Waals surface area contributed by atoms with Crippen LogP contribution in [0.4, 0.5) is 0 Å². The van der Waals surface area contributed by atoms with Crippen LogP contribution in [0.2, 0.25) is 0 Å². The summed E-state index contributed by atoms with van der Waals surface area (Å²) in [6.07, 6.45) is 0. The highest BCUT2D eigenvalue weighted by molar-refractivity contribution is 5.85. The van der Waals surface area contributed by atoms with Crippen LogP contribution in [0.1, 0.15) is 25.5 Å². The van der Waals surface area contributed by atoms with Crippen molar-refractivity contribution in [3.63, 3.8) is 0 Å². The van der Waals surface area contributed by atoms with Crippen LogP contribution in [0.25, 0.3) is 0 Å². The van der Waals surface area contributed by atoms with Gasteiger partial charge in [0, 0.05) is 44.2 Å². The molecule has 0 radical (unpaired) electrons. The zero-order valence-corrected chi connectivity index (χ0v) is 13.9. The number of hydrogen-bond acceptors (Lipinski definition) is 4. The fourth-order valence-corrected chi connectivity index (χ4v) is 2.99. The molecule has 1 aromatic rings. The normalized spacial score (nSPS) is 17.9. The molecule has 0 unspecified atom stereocenters. The van der Waals surface area contributed by atoms with Gasteiger partial charge < -0.3 is 15.2 Å². The second-order valence-corrected chi connectivity index (χ2v) is 6.11. The van der Waals surface area contributed by atoms with E-state index < -0.39 is 0 Å². The molecule has 120 valence electrons. The molecular formula is C16H27ClN2O2. The Labute approximate surface area is 133 Å². The molecule has 2 rings (SSSR count). The van der Waals surface area contributed by atoms with Gasteiger partial charge >= 0.3 is 0 Å². The van der Waals surface area contributed by atoms with Gasteiger partial charge in [0.2, 0.25) is 0 Å². The lowest BCUT2D eigenvalue weighted by Gasteiger charge is -2.43. The molecule has 0 saturated carbocycles. The van der Waals surface area contributed by atoms with Crippen molar-refractivity contribution in [2.24, 2.45) is 5.41 Å². The Morgan fingerprint density at radius 1 is 1.33 bits per heavy atom. The maximum Gasteiger partial charge on any atom is 0.119 e. The summed E-state index contributed by atoms with van der Waals surface area (Å²) in [7, 11) is 1.69. The summed E-state index contributed by atoms with van der Waals surface area (Å²) in [6, 6.07) is 8.40. The van der Waals surface area contributed by atoms with Crippen molar-refractivity contribution in [3.8, 4) is 5.75 Å². The molecule has 0 amide bonds. The first-order valence-electron chi connectivity index (χ1n) is 7.28. The molecule has 2 N–H and O–H groups in total. The molecule has 1 fully saturated rings. The van der Waals surface area contributed by atoms with Crippen molar-refractivity contribution < 1.29 is 9.84 Å². The van der Waals surface area contributed by atoms with Gasteiger partial charge in [-0.25, -0.2) is 0 Å². The summed E-state index contributed by atoms with van der Waals surface area (Å²) in [4.78, 5) is 2.46. The molecule has 0 bridgehead atoms. The minimum Gasteiger partial charge on any atom is -0.497 e. The van der Waals surface area contributed by atoms with E-state index in [2.05, 4.69) is 36.2 Å². The van der Waals surface area contributed by atoms with Crippen molar-refractivity contribution in [2.75, 3.05) is 39.9 Å². The molecule has 5 heteroatoms. The highest BCUT2D eigenvalue weighted by Gasteiger charge is 2.35. The van der Waals surface area contributed by atoms with Gasteiger partial charge in [-0.2, -0.15) is 0 Å². The van der Waals surface area contributed by atoms with Crippen molar-refractivity contribution >= 4 is 12.4 Å². The summed E-state index contributed by atoms with van der Waals surface area (Å²) in [6.45, 7) is 8.43. The Bertz CT molecular complexity index is 434. The van der Waals surface area contributed by atoms with E-state index in [9.17, 15) is 5.11 Å². The third-order valence-electron chi connectivity index (χ3n) is 4.07. The maximum atomic E-state index is 9.81. The summed E-state index contributed by atoms with van der Waals surface area (Å²) in [5.74, 6) is 0.872. The molecular weight excluding hydrogens is 288 g/mol. The number of benzene rings is 1.